The number of aromatic nitrogens is 2. The number of rotatable bonds is 3. The van der Waals surface area contributed by atoms with Crippen LogP contribution in [0.4, 0.5) is 0 Å². The molecule has 0 atom stereocenters. The smallest absolute Gasteiger partial charge is 0.113 e. The van der Waals surface area contributed by atoms with Crippen LogP contribution in [0.2, 0.25) is 0 Å². The molecule has 0 amide bonds. The van der Waals surface area contributed by atoms with E-state index in [2.05, 4.69) is 38.5 Å². The monoisotopic (exact) mass is 264 g/mol. The van der Waals surface area contributed by atoms with Gasteiger partial charge in [-0.15, -0.1) is 0 Å². The van der Waals surface area contributed by atoms with E-state index in [0.29, 0.717) is 0 Å². The summed E-state index contributed by atoms with van der Waals surface area (Å²) < 4.78 is 3.23. The van der Waals surface area contributed by atoms with E-state index in [1.165, 1.54) is 0 Å². The summed E-state index contributed by atoms with van der Waals surface area (Å²) in [6.07, 6.45) is 5.98. The van der Waals surface area contributed by atoms with Crippen LogP contribution in [0, 0.1) is 0 Å². The highest BCUT2D eigenvalue weighted by Crippen LogP contribution is 2.21. The standard InChI is InChI=1S/C12H13BrN2/c1-2-5-12-14-8-9-15(12)11-7-4-3-6-10(11)13/h3-4,6-9H,2,5H2,1H3. The molecule has 0 saturated heterocycles. The fraction of sp³-hybridized carbons (Fsp3) is 0.250. The number of para-hydroxylation sites is 1. The van der Waals surface area contributed by atoms with Crippen molar-refractivity contribution in [2.24, 2.45) is 0 Å². The minimum atomic E-state index is 1.01. The fourth-order valence-corrected chi connectivity index (χ4v) is 2.09. The Morgan fingerprint density at radius 2 is 2.13 bits per heavy atom. The maximum absolute atomic E-state index is 4.37. The molecule has 15 heavy (non-hydrogen) atoms. The molecule has 1 heterocycles. The van der Waals surface area contributed by atoms with Gasteiger partial charge in [0.25, 0.3) is 0 Å². The van der Waals surface area contributed by atoms with Crippen molar-refractivity contribution in [1.82, 2.24) is 9.55 Å². The lowest BCUT2D eigenvalue weighted by atomic mass is 10.3. The molecular weight excluding hydrogens is 252 g/mol. The average molecular weight is 265 g/mol. The largest absolute Gasteiger partial charge is 0.303 e. The topological polar surface area (TPSA) is 17.8 Å². The quantitative estimate of drug-likeness (QED) is 0.829. The van der Waals surface area contributed by atoms with Gasteiger partial charge in [0.05, 0.1) is 5.69 Å². The summed E-state index contributed by atoms with van der Waals surface area (Å²) >= 11 is 3.55. The maximum Gasteiger partial charge on any atom is 0.113 e. The minimum absolute atomic E-state index is 1.01. The van der Waals surface area contributed by atoms with Crippen LogP contribution in [0.5, 0.6) is 0 Å². The van der Waals surface area contributed by atoms with E-state index < -0.39 is 0 Å². The molecule has 1 aromatic heterocycles. The van der Waals surface area contributed by atoms with E-state index in [9.17, 15) is 0 Å². The molecule has 0 fully saturated rings. The number of imidazole rings is 1. The van der Waals surface area contributed by atoms with Gasteiger partial charge in [-0.2, -0.15) is 0 Å². The summed E-state index contributed by atoms with van der Waals surface area (Å²) in [5, 5.41) is 0. The highest BCUT2D eigenvalue weighted by atomic mass is 79.9. The van der Waals surface area contributed by atoms with Crippen LogP contribution in [-0.4, -0.2) is 9.55 Å². The summed E-state index contributed by atoms with van der Waals surface area (Å²) in [5.74, 6) is 1.12. The van der Waals surface area contributed by atoms with Crippen LogP contribution in [0.1, 0.15) is 19.2 Å². The van der Waals surface area contributed by atoms with Gasteiger partial charge in [-0.3, -0.25) is 0 Å². The lowest BCUT2D eigenvalue weighted by Crippen LogP contribution is -2.00. The second kappa shape index (κ2) is 4.62. The van der Waals surface area contributed by atoms with E-state index in [0.717, 1.165) is 28.8 Å². The summed E-state index contributed by atoms with van der Waals surface area (Å²) in [7, 11) is 0. The van der Waals surface area contributed by atoms with Crippen LogP contribution in [0.25, 0.3) is 5.69 Å². The molecule has 0 N–H and O–H groups in total. The molecule has 0 aliphatic carbocycles. The Kier molecular flexibility index (Phi) is 3.21. The molecule has 1 aromatic carbocycles. The van der Waals surface area contributed by atoms with Crippen molar-refractivity contribution >= 4 is 15.9 Å². The Morgan fingerprint density at radius 3 is 2.87 bits per heavy atom. The molecule has 0 bridgehead atoms. The third-order valence-corrected chi connectivity index (χ3v) is 2.97. The molecule has 3 heteroatoms. The molecule has 78 valence electrons. The summed E-state index contributed by atoms with van der Waals surface area (Å²) in [6.45, 7) is 2.17. The molecule has 0 aliphatic heterocycles. The van der Waals surface area contributed by atoms with Crippen LogP contribution >= 0.6 is 15.9 Å². The molecule has 2 nitrogen and oxygen atoms in total. The number of nitrogens with zero attached hydrogens (tertiary/aromatic N) is 2. The van der Waals surface area contributed by atoms with Gasteiger partial charge in [-0.25, -0.2) is 4.98 Å². The van der Waals surface area contributed by atoms with Crippen LogP contribution in [0.15, 0.2) is 41.1 Å². The van der Waals surface area contributed by atoms with Gasteiger partial charge in [-0.1, -0.05) is 19.1 Å². The van der Waals surface area contributed by atoms with Gasteiger partial charge in [-0.05, 0) is 34.5 Å². The van der Waals surface area contributed by atoms with Crippen molar-refractivity contribution in [3.63, 3.8) is 0 Å². The third-order valence-electron chi connectivity index (χ3n) is 2.30. The molecule has 2 rings (SSSR count). The number of halogens is 1. The van der Waals surface area contributed by atoms with Gasteiger partial charge in [0.15, 0.2) is 0 Å². The van der Waals surface area contributed by atoms with Gasteiger partial charge < -0.3 is 4.57 Å². The summed E-state index contributed by atoms with van der Waals surface area (Å²) in [6, 6.07) is 8.19. The number of aryl methyl sites for hydroxylation is 1. The van der Waals surface area contributed by atoms with Crippen molar-refractivity contribution < 1.29 is 0 Å². The minimum Gasteiger partial charge on any atom is -0.303 e. The lowest BCUT2D eigenvalue weighted by molar-refractivity contribution is 0.808. The second-order valence-electron chi connectivity index (χ2n) is 3.41. The predicted molar refractivity (Wildman–Crippen MR) is 65.3 cm³/mol. The third kappa shape index (κ3) is 2.12. The first kappa shape index (κ1) is 10.4. The first-order valence-electron chi connectivity index (χ1n) is 5.10. The second-order valence-corrected chi connectivity index (χ2v) is 4.27. The summed E-state index contributed by atoms with van der Waals surface area (Å²) in [4.78, 5) is 4.37. The van der Waals surface area contributed by atoms with E-state index in [4.69, 9.17) is 0 Å². The summed E-state index contributed by atoms with van der Waals surface area (Å²) in [5.41, 5.74) is 1.15. The molecule has 0 spiro atoms. The molecule has 0 aliphatic rings. The highest BCUT2D eigenvalue weighted by Gasteiger charge is 2.06. The number of benzene rings is 1. The van der Waals surface area contributed by atoms with Crippen molar-refractivity contribution in [1.29, 1.82) is 0 Å². The van der Waals surface area contributed by atoms with Gasteiger partial charge in [0, 0.05) is 23.3 Å². The Morgan fingerprint density at radius 1 is 1.33 bits per heavy atom. The van der Waals surface area contributed by atoms with Gasteiger partial charge in [0.2, 0.25) is 0 Å². The highest BCUT2D eigenvalue weighted by molar-refractivity contribution is 9.10. The average Bonchev–Trinajstić information content (AvgIpc) is 2.67. The van der Waals surface area contributed by atoms with E-state index in [1.807, 2.05) is 30.6 Å². The molecule has 0 radical (unpaired) electrons. The van der Waals surface area contributed by atoms with E-state index in [1.54, 1.807) is 0 Å². The van der Waals surface area contributed by atoms with E-state index in [-0.39, 0.29) is 0 Å². The van der Waals surface area contributed by atoms with E-state index >= 15 is 0 Å². The fourth-order valence-electron chi connectivity index (χ4n) is 1.61. The number of hydrogen-bond donors (Lipinski definition) is 0. The van der Waals surface area contributed by atoms with Crippen molar-refractivity contribution in [2.75, 3.05) is 0 Å². The van der Waals surface area contributed by atoms with Crippen LogP contribution in [0.3, 0.4) is 0 Å². The first-order valence-corrected chi connectivity index (χ1v) is 5.89. The van der Waals surface area contributed by atoms with Gasteiger partial charge >= 0.3 is 0 Å². The normalized spacial score (nSPS) is 10.5. The zero-order chi connectivity index (χ0) is 10.7. The van der Waals surface area contributed by atoms with Crippen molar-refractivity contribution in [3.05, 3.63) is 47.0 Å². The van der Waals surface area contributed by atoms with Gasteiger partial charge in [0.1, 0.15) is 5.82 Å². The zero-order valence-electron chi connectivity index (χ0n) is 8.65. The zero-order valence-corrected chi connectivity index (χ0v) is 10.2. The van der Waals surface area contributed by atoms with Crippen molar-refractivity contribution in [2.45, 2.75) is 19.8 Å². The molecule has 0 unspecified atom stereocenters. The Bertz CT molecular complexity index is 448. The van der Waals surface area contributed by atoms with Crippen LogP contribution in [-0.2, 0) is 6.42 Å². The number of hydrogen-bond acceptors (Lipinski definition) is 1. The molecular formula is C12H13BrN2. The SMILES string of the molecule is CCCc1nccn1-c1ccccc1Br. The maximum atomic E-state index is 4.37. The molecule has 0 saturated carbocycles. The Hall–Kier alpha value is -1.09. The first-order chi connectivity index (χ1) is 7.33. The van der Waals surface area contributed by atoms with Crippen LogP contribution < -0.4 is 0 Å². The molecule has 2 aromatic rings. The van der Waals surface area contributed by atoms with Crippen molar-refractivity contribution in [3.8, 4) is 5.69 Å². The predicted octanol–water partition coefficient (Wildman–Crippen LogP) is 3.59. The Labute approximate surface area is 98.1 Å². The Balaban J connectivity index is 2.45. The lowest BCUT2D eigenvalue weighted by Gasteiger charge is -2.08.